The molecule has 10 heteroatoms. The van der Waals surface area contributed by atoms with E-state index < -0.39 is 45.9 Å². The first-order valence-electron chi connectivity index (χ1n) is 5.17. The number of hydrogen-bond donors (Lipinski definition) is 1. The van der Waals surface area contributed by atoms with Crippen LogP contribution in [0.5, 0.6) is 0 Å². The second kappa shape index (κ2) is 5.35. The normalized spacial score (nSPS) is 11.5. The van der Waals surface area contributed by atoms with Crippen molar-refractivity contribution in [3.05, 3.63) is 46.2 Å². The van der Waals surface area contributed by atoms with Crippen molar-refractivity contribution in [2.75, 3.05) is 5.32 Å². The minimum absolute atomic E-state index is 0.279. The van der Waals surface area contributed by atoms with Crippen molar-refractivity contribution in [1.82, 2.24) is 4.98 Å². The Morgan fingerprint density at radius 3 is 2.19 bits per heavy atom. The number of alkyl halides is 3. The predicted octanol–water partition coefficient (Wildman–Crippen LogP) is 3.83. The Kier molecular flexibility index (Phi) is 3.90. The summed E-state index contributed by atoms with van der Waals surface area (Å²) < 4.78 is 76.2. The number of nitrogens with one attached hydrogen (secondary N) is 1. The monoisotopic (exact) mass is 326 g/mol. The van der Waals surface area contributed by atoms with E-state index >= 15 is 0 Å². The molecular formula is C11H4F6N2OS. The predicted molar refractivity (Wildman–Crippen MR) is 61.4 cm³/mol. The summed E-state index contributed by atoms with van der Waals surface area (Å²) >= 11 is 0.432. The van der Waals surface area contributed by atoms with Crippen molar-refractivity contribution in [3.8, 4) is 0 Å². The highest BCUT2D eigenvalue weighted by Gasteiger charge is 2.34. The van der Waals surface area contributed by atoms with Crippen molar-refractivity contribution < 1.29 is 31.1 Å². The number of carbonyl (C=O) groups is 1. The molecule has 1 amide bonds. The maximum absolute atomic E-state index is 13.3. The minimum atomic E-state index is -4.70. The number of rotatable bonds is 2. The van der Waals surface area contributed by atoms with Crippen LogP contribution in [-0.4, -0.2) is 10.9 Å². The Labute approximate surface area is 117 Å². The minimum Gasteiger partial charge on any atom is -0.298 e. The third-order valence-electron chi connectivity index (χ3n) is 2.25. The summed E-state index contributed by atoms with van der Waals surface area (Å²) in [6, 6.07) is 0.558. The number of benzene rings is 1. The molecular weight excluding hydrogens is 322 g/mol. The van der Waals surface area contributed by atoms with Gasteiger partial charge in [0.05, 0.1) is 0 Å². The Hall–Kier alpha value is -2.10. The fourth-order valence-corrected chi connectivity index (χ4v) is 2.09. The highest BCUT2D eigenvalue weighted by Crippen LogP contribution is 2.31. The molecule has 0 radical (unpaired) electrons. The Bertz CT molecular complexity index is 673. The van der Waals surface area contributed by atoms with E-state index in [1.165, 1.54) is 0 Å². The number of carbonyl (C=O) groups excluding carboxylic acids is 1. The molecule has 0 unspecified atom stereocenters. The van der Waals surface area contributed by atoms with Gasteiger partial charge in [-0.15, -0.1) is 11.3 Å². The third kappa shape index (κ3) is 3.32. The fraction of sp³-hybridized carbons (Fsp3) is 0.0909. The van der Waals surface area contributed by atoms with Crippen molar-refractivity contribution in [3.63, 3.8) is 0 Å². The zero-order chi connectivity index (χ0) is 15.8. The lowest BCUT2D eigenvalue weighted by Crippen LogP contribution is -2.16. The molecule has 1 heterocycles. The molecule has 2 rings (SSSR count). The van der Waals surface area contributed by atoms with Crippen molar-refractivity contribution in [2.45, 2.75) is 6.18 Å². The van der Waals surface area contributed by atoms with Gasteiger partial charge in [0, 0.05) is 17.5 Å². The highest BCUT2D eigenvalue weighted by molar-refractivity contribution is 7.14. The second-order valence-corrected chi connectivity index (χ2v) is 4.59. The third-order valence-corrected chi connectivity index (χ3v) is 3.01. The maximum Gasteiger partial charge on any atom is 0.434 e. The van der Waals surface area contributed by atoms with Gasteiger partial charge in [-0.25, -0.2) is 18.2 Å². The van der Waals surface area contributed by atoms with Crippen LogP contribution in [0.25, 0.3) is 0 Å². The second-order valence-electron chi connectivity index (χ2n) is 3.73. The van der Waals surface area contributed by atoms with Gasteiger partial charge in [-0.2, -0.15) is 13.2 Å². The number of hydrogen-bond acceptors (Lipinski definition) is 3. The smallest absolute Gasteiger partial charge is 0.298 e. The SMILES string of the molecule is O=C(Nc1nc(C(F)(F)F)cs1)c1c(F)cc(F)cc1F. The molecule has 0 bridgehead atoms. The van der Waals surface area contributed by atoms with Gasteiger partial charge in [-0.3, -0.25) is 10.1 Å². The van der Waals surface area contributed by atoms with Crippen molar-refractivity contribution in [2.24, 2.45) is 0 Å². The molecule has 0 aliphatic carbocycles. The van der Waals surface area contributed by atoms with Crippen LogP contribution in [0.3, 0.4) is 0 Å². The van der Waals surface area contributed by atoms with Crippen LogP contribution in [0.4, 0.5) is 31.5 Å². The van der Waals surface area contributed by atoms with Crippen LogP contribution in [0.1, 0.15) is 16.1 Å². The molecule has 1 aromatic carbocycles. The quantitative estimate of drug-likeness (QED) is 0.852. The summed E-state index contributed by atoms with van der Waals surface area (Å²) in [7, 11) is 0. The molecule has 0 spiro atoms. The number of nitrogens with zero attached hydrogens (tertiary/aromatic N) is 1. The Morgan fingerprint density at radius 1 is 1.14 bits per heavy atom. The largest absolute Gasteiger partial charge is 0.434 e. The van der Waals surface area contributed by atoms with E-state index in [0.717, 1.165) is 0 Å². The van der Waals surface area contributed by atoms with Crippen LogP contribution in [-0.2, 0) is 6.18 Å². The van der Waals surface area contributed by atoms with Crippen LogP contribution in [0.15, 0.2) is 17.5 Å². The van der Waals surface area contributed by atoms with Gasteiger partial charge in [0.2, 0.25) is 0 Å². The Balaban J connectivity index is 2.25. The summed E-state index contributed by atoms with van der Waals surface area (Å²) in [4.78, 5) is 14.7. The average molecular weight is 326 g/mol. The van der Waals surface area contributed by atoms with E-state index in [2.05, 4.69) is 4.98 Å². The van der Waals surface area contributed by atoms with Crippen molar-refractivity contribution >= 4 is 22.4 Å². The molecule has 0 aliphatic rings. The van der Waals surface area contributed by atoms with Crippen LogP contribution in [0.2, 0.25) is 0 Å². The standard InChI is InChI=1S/C11H4F6N2OS/c12-4-1-5(13)8(6(14)2-4)9(20)19-10-18-7(3-21-10)11(15,16)17/h1-3H,(H,18,19,20). The van der Waals surface area contributed by atoms with Crippen LogP contribution < -0.4 is 5.32 Å². The first-order chi connectivity index (χ1) is 9.68. The summed E-state index contributed by atoms with van der Waals surface area (Å²) in [5.41, 5.74) is -2.36. The van der Waals surface area contributed by atoms with Crippen molar-refractivity contribution in [1.29, 1.82) is 0 Å². The topological polar surface area (TPSA) is 42.0 Å². The lowest BCUT2D eigenvalue weighted by atomic mass is 10.2. The molecule has 0 saturated heterocycles. The van der Waals surface area contributed by atoms with Gasteiger partial charge in [0.1, 0.15) is 23.0 Å². The number of halogens is 6. The van der Waals surface area contributed by atoms with Gasteiger partial charge in [0.15, 0.2) is 10.8 Å². The number of amides is 1. The van der Waals surface area contributed by atoms with Gasteiger partial charge < -0.3 is 0 Å². The van der Waals surface area contributed by atoms with Crippen LogP contribution in [0, 0.1) is 17.5 Å². The highest BCUT2D eigenvalue weighted by atomic mass is 32.1. The molecule has 1 aromatic heterocycles. The lowest BCUT2D eigenvalue weighted by molar-refractivity contribution is -0.140. The lowest BCUT2D eigenvalue weighted by Gasteiger charge is -2.05. The van der Waals surface area contributed by atoms with Gasteiger partial charge in [0.25, 0.3) is 5.91 Å². The maximum atomic E-state index is 13.3. The number of anilines is 1. The molecule has 0 saturated carbocycles. The number of thiazole rings is 1. The summed E-state index contributed by atoms with van der Waals surface area (Å²) in [5, 5.41) is 1.96. The molecule has 3 nitrogen and oxygen atoms in total. The first kappa shape index (κ1) is 15.3. The molecule has 2 aromatic rings. The van der Waals surface area contributed by atoms with Gasteiger partial charge in [-0.05, 0) is 0 Å². The summed E-state index contributed by atoms with van der Waals surface area (Å²) in [6.45, 7) is 0. The molecule has 0 fully saturated rings. The summed E-state index contributed by atoms with van der Waals surface area (Å²) in [6.07, 6.45) is -4.70. The molecule has 0 aliphatic heterocycles. The zero-order valence-corrected chi connectivity index (χ0v) is 10.6. The molecule has 21 heavy (non-hydrogen) atoms. The molecule has 1 N–H and O–H groups in total. The van der Waals surface area contributed by atoms with Crippen LogP contribution >= 0.6 is 11.3 Å². The van der Waals surface area contributed by atoms with E-state index in [4.69, 9.17) is 0 Å². The van der Waals surface area contributed by atoms with E-state index in [-0.39, 0.29) is 12.1 Å². The first-order valence-corrected chi connectivity index (χ1v) is 6.05. The van der Waals surface area contributed by atoms with Gasteiger partial charge >= 0.3 is 6.18 Å². The Morgan fingerprint density at radius 2 is 1.71 bits per heavy atom. The van der Waals surface area contributed by atoms with E-state index in [1.807, 2.05) is 5.32 Å². The van der Waals surface area contributed by atoms with E-state index in [9.17, 15) is 31.1 Å². The fourth-order valence-electron chi connectivity index (χ4n) is 1.38. The molecule has 0 atom stereocenters. The summed E-state index contributed by atoms with van der Waals surface area (Å²) in [5.74, 6) is -5.54. The van der Waals surface area contributed by atoms with E-state index in [0.29, 0.717) is 16.7 Å². The average Bonchev–Trinajstić information content (AvgIpc) is 2.75. The van der Waals surface area contributed by atoms with Gasteiger partial charge in [-0.1, -0.05) is 0 Å². The van der Waals surface area contributed by atoms with E-state index in [1.54, 1.807) is 0 Å². The number of aromatic nitrogens is 1. The molecule has 112 valence electrons. The zero-order valence-electron chi connectivity index (χ0n) is 9.76.